The quantitative estimate of drug-likeness (QED) is 0.525. The number of halogens is 2. The minimum atomic E-state index is -0.480. The number of carbonyl (C=O) groups is 3. The summed E-state index contributed by atoms with van der Waals surface area (Å²) in [6, 6.07) is 13.8. The van der Waals surface area contributed by atoms with Gasteiger partial charge in [0.25, 0.3) is 0 Å². The van der Waals surface area contributed by atoms with Crippen LogP contribution in [0.3, 0.4) is 0 Å². The number of esters is 1. The van der Waals surface area contributed by atoms with Crippen LogP contribution in [-0.2, 0) is 14.3 Å². The standard InChI is InChI=1S/C22H17BrClN3O4S/c1-31-22(30)13-4-2-12(3-5-13)15-9-19(28)27-21(16(15)10-25)32-11-20(29)26-18-7-6-14(23)8-17(18)24/h2-8,15H,9,11H2,1H3,(H,26,29)(H,27,28)/t15-/m0/s1. The predicted octanol–water partition coefficient (Wildman–Crippen LogP) is 4.60. The van der Waals surface area contributed by atoms with Gasteiger partial charge in [0, 0.05) is 16.8 Å². The molecule has 0 saturated carbocycles. The fourth-order valence-electron chi connectivity index (χ4n) is 3.10. The number of hydrogen-bond donors (Lipinski definition) is 2. The first-order chi connectivity index (χ1) is 15.3. The molecule has 2 amide bonds. The number of hydrogen-bond acceptors (Lipinski definition) is 6. The Hall–Kier alpha value is -2.80. The Morgan fingerprint density at radius 2 is 2.03 bits per heavy atom. The third-order valence-electron chi connectivity index (χ3n) is 4.64. The second-order valence-electron chi connectivity index (χ2n) is 6.73. The van der Waals surface area contributed by atoms with Crippen LogP contribution in [0.4, 0.5) is 5.69 Å². The second kappa shape index (κ2) is 10.7. The molecule has 2 aromatic rings. The molecule has 0 aromatic heterocycles. The summed E-state index contributed by atoms with van der Waals surface area (Å²) >= 11 is 10.5. The van der Waals surface area contributed by atoms with E-state index in [1.54, 1.807) is 42.5 Å². The van der Waals surface area contributed by atoms with Crippen molar-refractivity contribution < 1.29 is 19.1 Å². The molecular formula is C22H17BrClN3O4S. The van der Waals surface area contributed by atoms with Crippen LogP contribution in [0, 0.1) is 11.3 Å². The number of methoxy groups -OCH3 is 1. The van der Waals surface area contributed by atoms with E-state index in [1.165, 1.54) is 7.11 Å². The summed E-state index contributed by atoms with van der Waals surface area (Å²) in [6.07, 6.45) is 0.0885. The maximum absolute atomic E-state index is 12.4. The van der Waals surface area contributed by atoms with Crippen LogP contribution in [0.15, 0.2) is 57.5 Å². The van der Waals surface area contributed by atoms with E-state index in [4.69, 9.17) is 16.3 Å². The third kappa shape index (κ3) is 5.71. The number of nitrogens with zero attached hydrogens (tertiary/aromatic N) is 1. The van der Waals surface area contributed by atoms with Crippen LogP contribution >= 0.6 is 39.3 Å². The van der Waals surface area contributed by atoms with Crippen molar-refractivity contribution in [2.24, 2.45) is 0 Å². The van der Waals surface area contributed by atoms with Gasteiger partial charge >= 0.3 is 5.97 Å². The predicted molar refractivity (Wildman–Crippen MR) is 126 cm³/mol. The summed E-state index contributed by atoms with van der Waals surface area (Å²) in [6.45, 7) is 0. The minimum Gasteiger partial charge on any atom is -0.465 e. The van der Waals surface area contributed by atoms with Gasteiger partial charge in [-0.2, -0.15) is 5.26 Å². The molecule has 10 heteroatoms. The highest BCUT2D eigenvalue weighted by Gasteiger charge is 2.30. The fraction of sp³-hybridized carbons (Fsp3) is 0.182. The van der Waals surface area contributed by atoms with Crippen LogP contribution in [-0.4, -0.2) is 30.6 Å². The highest BCUT2D eigenvalue weighted by molar-refractivity contribution is 9.10. The zero-order chi connectivity index (χ0) is 23.3. The molecule has 164 valence electrons. The molecule has 0 radical (unpaired) electrons. The molecule has 0 fully saturated rings. The van der Waals surface area contributed by atoms with Gasteiger partial charge in [0.2, 0.25) is 11.8 Å². The van der Waals surface area contributed by atoms with E-state index in [2.05, 4.69) is 32.6 Å². The van der Waals surface area contributed by atoms with Gasteiger partial charge in [0.15, 0.2) is 0 Å². The Bertz CT molecular complexity index is 1140. The Labute approximate surface area is 202 Å². The van der Waals surface area contributed by atoms with Crippen molar-refractivity contribution in [3.63, 3.8) is 0 Å². The number of thioether (sulfide) groups is 1. The number of nitrogens with one attached hydrogen (secondary N) is 2. The highest BCUT2D eigenvalue weighted by Crippen LogP contribution is 2.36. The van der Waals surface area contributed by atoms with E-state index in [1.807, 2.05) is 0 Å². The van der Waals surface area contributed by atoms with Crippen molar-refractivity contribution in [1.29, 1.82) is 5.26 Å². The van der Waals surface area contributed by atoms with Crippen molar-refractivity contribution in [2.75, 3.05) is 18.2 Å². The number of anilines is 1. The second-order valence-corrected chi connectivity index (χ2v) is 9.04. The van der Waals surface area contributed by atoms with Crippen LogP contribution in [0.5, 0.6) is 0 Å². The van der Waals surface area contributed by atoms with Gasteiger partial charge in [0.05, 0.1) is 45.8 Å². The first kappa shape index (κ1) is 23.9. The zero-order valence-electron chi connectivity index (χ0n) is 16.8. The van der Waals surface area contributed by atoms with Crippen molar-refractivity contribution >= 4 is 62.8 Å². The summed E-state index contributed by atoms with van der Waals surface area (Å²) in [5.41, 5.74) is 1.91. The molecule has 3 rings (SSSR count). The van der Waals surface area contributed by atoms with Crippen molar-refractivity contribution in [1.82, 2.24) is 5.32 Å². The average Bonchev–Trinajstić information content (AvgIpc) is 2.78. The van der Waals surface area contributed by atoms with Gasteiger partial charge in [-0.3, -0.25) is 9.59 Å². The zero-order valence-corrected chi connectivity index (χ0v) is 19.9. The van der Waals surface area contributed by atoms with Crippen molar-refractivity contribution in [3.05, 3.63) is 73.7 Å². The first-order valence-corrected chi connectivity index (χ1v) is 11.5. The van der Waals surface area contributed by atoms with Gasteiger partial charge in [-0.25, -0.2) is 4.79 Å². The maximum Gasteiger partial charge on any atom is 0.337 e. The SMILES string of the molecule is COC(=O)c1ccc([C@@H]2CC(=O)NC(SCC(=O)Nc3ccc(Br)cc3Cl)=C2C#N)cc1. The highest BCUT2D eigenvalue weighted by atomic mass is 79.9. The van der Waals surface area contributed by atoms with E-state index in [9.17, 15) is 19.6 Å². The number of amides is 2. The van der Waals surface area contributed by atoms with Gasteiger partial charge in [-0.1, -0.05) is 51.4 Å². The van der Waals surface area contributed by atoms with E-state index in [0.29, 0.717) is 32.4 Å². The third-order valence-corrected chi connectivity index (χ3v) is 6.47. The summed E-state index contributed by atoms with van der Waals surface area (Å²) in [5, 5.41) is 15.9. The maximum atomic E-state index is 12.4. The molecule has 2 N–H and O–H groups in total. The molecule has 0 bridgehead atoms. The molecule has 0 spiro atoms. The normalized spacial score (nSPS) is 15.6. The smallest absolute Gasteiger partial charge is 0.337 e. The molecule has 0 saturated heterocycles. The Morgan fingerprint density at radius 1 is 1.31 bits per heavy atom. The van der Waals surface area contributed by atoms with E-state index >= 15 is 0 Å². The monoisotopic (exact) mass is 533 g/mol. The Kier molecular flexibility index (Phi) is 7.96. The van der Waals surface area contributed by atoms with Gasteiger partial charge < -0.3 is 15.4 Å². The Morgan fingerprint density at radius 3 is 2.66 bits per heavy atom. The van der Waals surface area contributed by atoms with E-state index in [0.717, 1.165) is 16.2 Å². The van der Waals surface area contributed by atoms with Gasteiger partial charge in [-0.15, -0.1) is 0 Å². The number of nitriles is 1. The van der Waals surface area contributed by atoms with E-state index in [-0.39, 0.29) is 24.0 Å². The number of rotatable bonds is 6. The molecule has 1 aliphatic rings. The van der Waals surface area contributed by atoms with Crippen LogP contribution < -0.4 is 10.6 Å². The largest absolute Gasteiger partial charge is 0.465 e. The van der Waals surface area contributed by atoms with Crippen LogP contribution in [0.1, 0.15) is 28.3 Å². The lowest BCUT2D eigenvalue weighted by Crippen LogP contribution is -2.31. The molecule has 1 atom stereocenters. The summed E-state index contributed by atoms with van der Waals surface area (Å²) < 4.78 is 5.48. The number of carbonyl (C=O) groups excluding carboxylic acids is 3. The van der Waals surface area contributed by atoms with Crippen molar-refractivity contribution in [2.45, 2.75) is 12.3 Å². The molecular weight excluding hydrogens is 518 g/mol. The number of allylic oxidation sites excluding steroid dienone is 1. The summed E-state index contributed by atoms with van der Waals surface area (Å²) in [4.78, 5) is 36.3. The molecule has 0 unspecified atom stereocenters. The molecule has 1 heterocycles. The summed E-state index contributed by atoms with van der Waals surface area (Å²) in [5.74, 6) is -1.57. The van der Waals surface area contributed by atoms with E-state index < -0.39 is 11.9 Å². The van der Waals surface area contributed by atoms with Crippen molar-refractivity contribution in [3.8, 4) is 6.07 Å². The molecule has 32 heavy (non-hydrogen) atoms. The van der Waals surface area contributed by atoms with Gasteiger partial charge in [0.1, 0.15) is 0 Å². The number of ether oxygens (including phenoxy) is 1. The Balaban J connectivity index is 1.76. The fourth-order valence-corrected chi connectivity index (χ4v) is 4.70. The lowest BCUT2D eigenvalue weighted by atomic mass is 9.87. The lowest BCUT2D eigenvalue weighted by Gasteiger charge is -2.25. The van der Waals surface area contributed by atoms with Crippen LogP contribution in [0.2, 0.25) is 5.02 Å². The first-order valence-electron chi connectivity index (χ1n) is 9.32. The lowest BCUT2D eigenvalue weighted by molar-refractivity contribution is -0.121. The average molecular weight is 535 g/mol. The molecule has 2 aromatic carbocycles. The summed E-state index contributed by atoms with van der Waals surface area (Å²) in [7, 11) is 1.29. The minimum absolute atomic E-state index is 0.0266. The number of benzene rings is 2. The molecule has 7 nitrogen and oxygen atoms in total. The molecule has 1 aliphatic heterocycles. The molecule has 0 aliphatic carbocycles. The van der Waals surface area contributed by atoms with Gasteiger partial charge in [-0.05, 0) is 35.9 Å². The topological polar surface area (TPSA) is 108 Å². The van der Waals surface area contributed by atoms with Crippen LogP contribution in [0.25, 0.3) is 0 Å².